The lowest BCUT2D eigenvalue weighted by Crippen LogP contribution is -2.53. The molecule has 122 valence electrons. The first-order valence-electron chi connectivity index (χ1n) is 6.65. The van der Waals surface area contributed by atoms with Gasteiger partial charge in [-0.3, -0.25) is 14.9 Å². The number of halogens is 3. The number of nitrogens with zero attached hydrogens (tertiary/aromatic N) is 1. The van der Waals surface area contributed by atoms with Gasteiger partial charge in [-0.2, -0.15) is 13.2 Å². The van der Waals surface area contributed by atoms with Gasteiger partial charge in [-0.25, -0.2) is 0 Å². The third-order valence-corrected chi connectivity index (χ3v) is 3.34. The smallest absolute Gasteiger partial charge is 0.406 e. The van der Waals surface area contributed by atoms with E-state index in [4.69, 9.17) is 0 Å². The van der Waals surface area contributed by atoms with Crippen LogP contribution < -0.4 is 5.32 Å². The van der Waals surface area contributed by atoms with Crippen molar-refractivity contribution in [3.63, 3.8) is 0 Å². The van der Waals surface area contributed by atoms with E-state index in [1.54, 1.807) is 20.8 Å². The number of nitrogens with one attached hydrogen (secondary N) is 1. The summed E-state index contributed by atoms with van der Waals surface area (Å²) in [5.41, 5.74) is -0.523. The number of alkyl halides is 3. The number of carbonyl (C=O) groups is 2. The van der Waals surface area contributed by atoms with Crippen molar-refractivity contribution in [2.75, 3.05) is 20.2 Å². The molecular formula is C13H21F3N2O3. The van der Waals surface area contributed by atoms with E-state index in [2.05, 4.69) is 10.1 Å². The number of amides is 1. The molecule has 0 radical (unpaired) electrons. The minimum atomic E-state index is -4.42. The van der Waals surface area contributed by atoms with Crippen LogP contribution in [0.1, 0.15) is 27.2 Å². The van der Waals surface area contributed by atoms with Gasteiger partial charge in [-0.15, -0.1) is 0 Å². The molecule has 0 bridgehead atoms. The SMILES string of the molecule is COC(=O)C(NC1CCN(CC(F)(F)F)C1=O)C(C)(C)C. The normalized spacial score (nSPS) is 21.6. The van der Waals surface area contributed by atoms with E-state index >= 15 is 0 Å². The Kier molecular flexibility index (Phi) is 5.25. The second-order valence-electron chi connectivity index (χ2n) is 6.21. The molecule has 0 aromatic heterocycles. The minimum absolute atomic E-state index is 0.0219. The summed E-state index contributed by atoms with van der Waals surface area (Å²) in [6.07, 6.45) is -4.19. The van der Waals surface area contributed by atoms with Gasteiger partial charge < -0.3 is 9.64 Å². The lowest BCUT2D eigenvalue weighted by Gasteiger charge is -2.31. The highest BCUT2D eigenvalue weighted by molar-refractivity contribution is 5.85. The standard InChI is InChI=1S/C13H21F3N2O3/c1-12(2,3)9(11(20)21-4)17-8-5-6-18(10(8)19)7-13(14,15)16/h8-9,17H,5-7H2,1-4H3. The summed E-state index contributed by atoms with van der Waals surface area (Å²) in [5.74, 6) is -1.17. The third-order valence-electron chi connectivity index (χ3n) is 3.34. The molecule has 5 nitrogen and oxygen atoms in total. The predicted molar refractivity (Wildman–Crippen MR) is 69.4 cm³/mol. The van der Waals surface area contributed by atoms with Crippen LogP contribution in [0.25, 0.3) is 0 Å². The van der Waals surface area contributed by atoms with Crippen LogP contribution in [-0.4, -0.2) is 55.2 Å². The molecule has 0 aromatic rings. The lowest BCUT2D eigenvalue weighted by molar-refractivity contribution is -0.158. The molecule has 1 aliphatic rings. The zero-order valence-corrected chi connectivity index (χ0v) is 12.6. The molecule has 1 fully saturated rings. The number of rotatable bonds is 4. The fourth-order valence-electron chi connectivity index (χ4n) is 2.26. The van der Waals surface area contributed by atoms with E-state index in [1.807, 2.05) is 0 Å². The molecule has 1 aliphatic heterocycles. The number of hydrogen-bond donors (Lipinski definition) is 1. The van der Waals surface area contributed by atoms with Crippen molar-refractivity contribution in [2.45, 2.75) is 45.5 Å². The van der Waals surface area contributed by atoms with Crippen molar-refractivity contribution in [3.05, 3.63) is 0 Å². The van der Waals surface area contributed by atoms with Gasteiger partial charge in [0, 0.05) is 6.54 Å². The molecule has 1 heterocycles. The molecule has 1 saturated heterocycles. The average Bonchev–Trinajstić information content (AvgIpc) is 2.63. The van der Waals surface area contributed by atoms with Crippen LogP contribution in [0.15, 0.2) is 0 Å². The summed E-state index contributed by atoms with van der Waals surface area (Å²) in [6.45, 7) is 4.12. The van der Waals surface area contributed by atoms with Crippen molar-refractivity contribution in [1.29, 1.82) is 0 Å². The van der Waals surface area contributed by atoms with Crippen molar-refractivity contribution >= 4 is 11.9 Å². The molecule has 0 spiro atoms. The van der Waals surface area contributed by atoms with Gasteiger partial charge in [0.15, 0.2) is 0 Å². The van der Waals surface area contributed by atoms with E-state index in [1.165, 1.54) is 7.11 Å². The Morgan fingerprint density at radius 2 is 2.00 bits per heavy atom. The number of esters is 1. The van der Waals surface area contributed by atoms with Crippen LogP contribution in [0.4, 0.5) is 13.2 Å². The van der Waals surface area contributed by atoms with Crippen LogP contribution in [0.2, 0.25) is 0 Å². The number of ether oxygens (including phenoxy) is 1. The maximum Gasteiger partial charge on any atom is 0.406 e. The van der Waals surface area contributed by atoms with Gasteiger partial charge in [-0.05, 0) is 11.8 Å². The summed E-state index contributed by atoms with van der Waals surface area (Å²) in [4.78, 5) is 24.5. The maximum atomic E-state index is 12.4. The average molecular weight is 310 g/mol. The van der Waals surface area contributed by atoms with Crippen molar-refractivity contribution in [2.24, 2.45) is 5.41 Å². The fraction of sp³-hybridized carbons (Fsp3) is 0.846. The first kappa shape index (κ1) is 17.7. The fourth-order valence-corrected chi connectivity index (χ4v) is 2.26. The molecular weight excluding hydrogens is 289 g/mol. The zero-order chi connectivity index (χ0) is 16.4. The Labute approximate surface area is 121 Å². The number of hydrogen-bond acceptors (Lipinski definition) is 4. The highest BCUT2D eigenvalue weighted by atomic mass is 19.4. The number of likely N-dealkylation sites (tertiary alicyclic amines) is 1. The molecule has 8 heteroatoms. The minimum Gasteiger partial charge on any atom is -0.468 e. The first-order valence-corrected chi connectivity index (χ1v) is 6.65. The lowest BCUT2D eigenvalue weighted by atomic mass is 9.86. The molecule has 1 amide bonds. The third kappa shape index (κ3) is 4.87. The van der Waals surface area contributed by atoms with Crippen LogP contribution in [0.5, 0.6) is 0 Å². The van der Waals surface area contributed by atoms with Crippen LogP contribution >= 0.6 is 0 Å². The van der Waals surface area contributed by atoms with E-state index in [-0.39, 0.29) is 13.0 Å². The summed E-state index contributed by atoms with van der Waals surface area (Å²) in [5, 5.41) is 2.84. The molecule has 21 heavy (non-hydrogen) atoms. The highest BCUT2D eigenvalue weighted by Gasteiger charge is 2.42. The van der Waals surface area contributed by atoms with E-state index < -0.39 is 42.1 Å². The second kappa shape index (κ2) is 6.21. The van der Waals surface area contributed by atoms with Crippen molar-refractivity contribution < 1.29 is 27.5 Å². The van der Waals surface area contributed by atoms with Crippen molar-refractivity contribution in [1.82, 2.24) is 10.2 Å². The summed E-state index contributed by atoms with van der Waals surface area (Å²) in [6, 6.07) is -1.56. The van der Waals surface area contributed by atoms with Crippen molar-refractivity contribution in [3.8, 4) is 0 Å². The molecule has 0 saturated carbocycles. The molecule has 0 aliphatic carbocycles. The van der Waals surface area contributed by atoms with Gasteiger partial charge in [0.25, 0.3) is 0 Å². The van der Waals surface area contributed by atoms with Crippen LogP contribution in [0, 0.1) is 5.41 Å². The second-order valence-corrected chi connectivity index (χ2v) is 6.21. The number of methoxy groups -OCH3 is 1. The van der Waals surface area contributed by atoms with E-state index in [0.717, 1.165) is 4.90 Å². The Morgan fingerprint density at radius 1 is 1.43 bits per heavy atom. The van der Waals surface area contributed by atoms with Gasteiger partial charge >= 0.3 is 12.1 Å². The summed E-state index contributed by atoms with van der Waals surface area (Å²) < 4.78 is 41.7. The maximum absolute atomic E-state index is 12.4. The van der Waals surface area contributed by atoms with Gasteiger partial charge in [-0.1, -0.05) is 20.8 Å². The monoisotopic (exact) mass is 310 g/mol. The quantitative estimate of drug-likeness (QED) is 0.796. The molecule has 0 aromatic carbocycles. The summed E-state index contributed by atoms with van der Waals surface area (Å²) in [7, 11) is 1.23. The topological polar surface area (TPSA) is 58.6 Å². The zero-order valence-electron chi connectivity index (χ0n) is 12.6. The molecule has 1 rings (SSSR count). The molecule has 2 unspecified atom stereocenters. The van der Waals surface area contributed by atoms with Crippen LogP contribution in [-0.2, 0) is 14.3 Å². The van der Waals surface area contributed by atoms with E-state index in [0.29, 0.717) is 0 Å². The Morgan fingerprint density at radius 3 is 2.43 bits per heavy atom. The van der Waals surface area contributed by atoms with Gasteiger partial charge in [0.2, 0.25) is 5.91 Å². The predicted octanol–water partition coefficient (Wildman–Crippen LogP) is 1.33. The van der Waals surface area contributed by atoms with E-state index in [9.17, 15) is 22.8 Å². The number of carbonyl (C=O) groups excluding carboxylic acids is 2. The molecule has 2 atom stereocenters. The highest BCUT2D eigenvalue weighted by Crippen LogP contribution is 2.24. The Bertz CT molecular complexity index is 404. The van der Waals surface area contributed by atoms with Gasteiger partial charge in [0.1, 0.15) is 12.6 Å². The first-order chi connectivity index (χ1) is 9.45. The van der Waals surface area contributed by atoms with Gasteiger partial charge in [0.05, 0.1) is 13.2 Å². The molecule has 1 N–H and O–H groups in total. The Balaban J connectivity index is 2.74. The summed E-state index contributed by atoms with van der Waals surface area (Å²) >= 11 is 0. The largest absolute Gasteiger partial charge is 0.468 e. The Hall–Kier alpha value is -1.31. The van der Waals surface area contributed by atoms with Crippen LogP contribution in [0.3, 0.4) is 0 Å².